The summed E-state index contributed by atoms with van der Waals surface area (Å²) >= 11 is 0. The van der Waals surface area contributed by atoms with Crippen LogP contribution in [0.5, 0.6) is 5.75 Å². The van der Waals surface area contributed by atoms with E-state index in [2.05, 4.69) is 10.3 Å². The largest absolute Gasteiger partial charge is 0.496 e. The van der Waals surface area contributed by atoms with Crippen molar-refractivity contribution in [3.05, 3.63) is 65.9 Å². The van der Waals surface area contributed by atoms with E-state index in [-0.39, 0.29) is 13.0 Å². The van der Waals surface area contributed by atoms with Gasteiger partial charge in [0.1, 0.15) is 24.0 Å². The number of esters is 1. The second-order valence-corrected chi connectivity index (χ2v) is 8.18. The number of hydrogen-bond acceptors (Lipinski definition) is 5. The molecular weight excluding hydrogens is 396 g/mol. The number of carbonyl (C=O) groups excluding carboxylic acids is 2. The van der Waals surface area contributed by atoms with Crippen LogP contribution in [0.4, 0.5) is 4.79 Å². The molecule has 1 atom stereocenters. The lowest BCUT2D eigenvalue weighted by Gasteiger charge is -2.23. The third-order valence-electron chi connectivity index (χ3n) is 4.64. The first-order chi connectivity index (χ1) is 14.8. The van der Waals surface area contributed by atoms with Gasteiger partial charge in [0.15, 0.2) is 0 Å². The fraction of sp³-hybridized carbons (Fsp3) is 0.333. The van der Waals surface area contributed by atoms with Crippen molar-refractivity contribution in [1.82, 2.24) is 10.3 Å². The predicted octanol–water partition coefficient (Wildman–Crippen LogP) is 4.36. The molecule has 7 nitrogen and oxygen atoms in total. The minimum absolute atomic E-state index is 0.0310. The van der Waals surface area contributed by atoms with E-state index in [1.807, 2.05) is 48.7 Å². The number of methoxy groups -OCH3 is 1. The second-order valence-electron chi connectivity index (χ2n) is 8.18. The first kappa shape index (κ1) is 22.2. The molecule has 0 unspecified atom stereocenters. The van der Waals surface area contributed by atoms with E-state index in [0.29, 0.717) is 5.75 Å². The number of benzene rings is 2. The summed E-state index contributed by atoms with van der Waals surface area (Å²) in [6.45, 7) is 5.33. The molecule has 0 saturated heterocycles. The number of alkyl carbamates (subject to hydrolysis) is 1. The zero-order valence-corrected chi connectivity index (χ0v) is 18.2. The molecule has 164 valence electrons. The molecule has 7 heteroatoms. The molecule has 3 aromatic rings. The molecule has 3 rings (SSSR count). The van der Waals surface area contributed by atoms with E-state index >= 15 is 0 Å². The molecule has 0 bridgehead atoms. The molecule has 2 N–H and O–H groups in total. The van der Waals surface area contributed by atoms with Gasteiger partial charge in [0, 0.05) is 29.1 Å². The Kier molecular flexibility index (Phi) is 6.84. The molecule has 1 aromatic heterocycles. The Morgan fingerprint density at radius 1 is 1.03 bits per heavy atom. The van der Waals surface area contributed by atoms with Crippen molar-refractivity contribution in [2.75, 3.05) is 7.11 Å². The molecule has 0 spiro atoms. The second kappa shape index (κ2) is 9.55. The third kappa shape index (κ3) is 6.01. The summed E-state index contributed by atoms with van der Waals surface area (Å²) in [5.41, 5.74) is 1.90. The van der Waals surface area contributed by atoms with Crippen molar-refractivity contribution >= 4 is 23.0 Å². The fourth-order valence-corrected chi connectivity index (χ4v) is 3.24. The van der Waals surface area contributed by atoms with Crippen LogP contribution in [-0.4, -0.2) is 35.8 Å². The topological polar surface area (TPSA) is 89.7 Å². The van der Waals surface area contributed by atoms with Gasteiger partial charge < -0.3 is 24.5 Å². The standard InChI is InChI=1S/C24H28N2O5/c1-24(2,3)31-23(28)26-20(13-17-14-25-19-11-7-6-10-18(17)19)22(27)30-15-16-9-5-8-12-21(16)29-4/h5-12,14,20,25H,13,15H2,1-4H3,(H,26,28)/t20-/m0/s1. The molecule has 0 aliphatic heterocycles. The normalized spacial score (nSPS) is 12.3. The van der Waals surface area contributed by atoms with Crippen LogP contribution >= 0.6 is 0 Å². The highest BCUT2D eigenvalue weighted by atomic mass is 16.6. The number of fused-ring (bicyclic) bond motifs is 1. The Bertz CT molecular complexity index is 1050. The minimum Gasteiger partial charge on any atom is -0.496 e. The lowest BCUT2D eigenvalue weighted by atomic mass is 10.1. The molecule has 0 aliphatic carbocycles. The molecule has 31 heavy (non-hydrogen) atoms. The maximum atomic E-state index is 12.9. The van der Waals surface area contributed by atoms with Crippen molar-refractivity contribution in [2.24, 2.45) is 0 Å². The van der Waals surface area contributed by atoms with Crippen LogP contribution in [0.3, 0.4) is 0 Å². The molecule has 2 aromatic carbocycles. The Morgan fingerprint density at radius 3 is 2.48 bits per heavy atom. The van der Waals surface area contributed by atoms with Crippen LogP contribution in [-0.2, 0) is 27.3 Å². The van der Waals surface area contributed by atoms with Crippen molar-refractivity contribution in [3.63, 3.8) is 0 Å². The number of carbonyl (C=O) groups is 2. The molecule has 0 aliphatic rings. The lowest BCUT2D eigenvalue weighted by Crippen LogP contribution is -2.45. The number of hydrogen-bond donors (Lipinski definition) is 2. The Balaban J connectivity index is 1.77. The number of H-pyrrole nitrogens is 1. The highest BCUT2D eigenvalue weighted by molar-refractivity contribution is 5.86. The van der Waals surface area contributed by atoms with Gasteiger partial charge >= 0.3 is 12.1 Å². The van der Waals surface area contributed by atoms with Crippen molar-refractivity contribution in [1.29, 1.82) is 0 Å². The molecule has 0 saturated carbocycles. The number of para-hydroxylation sites is 2. The Labute approximate surface area is 181 Å². The summed E-state index contributed by atoms with van der Waals surface area (Å²) in [6.07, 6.45) is 1.42. The van der Waals surface area contributed by atoms with E-state index in [9.17, 15) is 9.59 Å². The van der Waals surface area contributed by atoms with Gasteiger partial charge in [-0.05, 0) is 38.5 Å². The van der Waals surface area contributed by atoms with Crippen LogP contribution in [0.15, 0.2) is 54.7 Å². The first-order valence-electron chi connectivity index (χ1n) is 10.1. The van der Waals surface area contributed by atoms with E-state index in [4.69, 9.17) is 14.2 Å². The first-order valence-corrected chi connectivity index (χ1v) is 10.1. The van der Waals surface area contributed by atoms with Gasteiger partial charge in [-0.1, -0.05) is 36.4 Å². The maximum absolute atomic E-state index is 12.9. The summed E-state index contributed by atoms with van der Waals surface area (Å²) < 4.78 is 16.2. The van der Waals surface area contributed by atoms with E-state index in [1.54, 1.807) is 33.9 Å². The molecule has 1 amide bonds. The lowest BCUT2D eigenvalue weighted by molar-refractivity contribution is -0.147. The number of ether oxygens (including phenoxy) is 3. The smallest absolute Gasteiger partial charge is 0.408 e. The van der Waals surface area contributed by atoms with E-state index < -0.39 is 23.7 Å². The van der Waals surface area contributed by atoms with Crippen LogP contribution in [0.1, 0.15) is 31.9 Å². The van der Waals surface area contributed by atoms with Crippen LogP contribution < -0.4 is 10.1 Å². The van der Waals surface area contributed by atoms with Crippen LogP contribution in [0.2, 0.25) is 0 Å². The number of aromatic amines is 1. The summed E-state index contributed by atoms with van der Waals surface area (Å²) in [7, 11) is 1.56. The zero-order valence-electron chi connectivity index (χ0n) is 18.2. The fourth-order valence-electron chi connectivity index (χ4n) is 3.24. The van der Waals surface area contributed by atoms with Crippen LogP contribution in [0, 0.1) is 0 Å². The van der Waals surface area contributed by atoms with Gasteiger partial charge in [0.05, 0.1) is 7.11 Å². The van der Waals surface area contributed by atoms with Crippen LogP contribution in [0.25, 0.3) is 10.9 Å². The highest BCUT2D eigenvalue weighted by Gasteiger charge is 2.27. The summed E-state index contributed by atoms with van der Waals surface area (Å²) in [6, 6.07) is 14.2. The monoisotopic (exact) mass is 424 g/mol. The Hall–Kier alpha value is -3.48. The number of aromatic nitrogens is 1. The zero-order chi connectivity index (χ0) is 22.4. The average Bonchev–Trinajstić information content (AvgIpc) is 3.13. The van der Waals surface area contributed by atoms with Gasteiger partial charge in [-0.3, -0.25) is 0 Å². The molecule has 0 fully saturated rings. The highest BCUT2D eigenvalue weighted by Crippen LogP contribution is 2.21. The van der Waals surface area contributed by atoms with E-state index in [1.165, 1.54) is 0 Å². The van der Waals surface area contributed by atoms with Gasteiger partial charge in [-0.25, -0.2) is 9.59 Å². The number of rotatable bonds is 7. The number of nitrogens with one attached hydrogen (secondary N) is 2. The summed E-state index contributed by atoms with van der Waals surface area (Å²) in [5, 5.41) is 3.64. The quantitative estimate of drug-likeness (QED) is 0.550. The third-order valence-corrected chi connectivity index (χ3v) is 4.64. The molecule has 0 radical (unpaired) electrons. The maximum Gasteiger partial charge on any atom is 0.408 e. The van der Waals surface area contributed by atoms with Gasteiger partial charge in [-0.15, -0.1) is 0 Å². The molecular formula is C24H28N2O5. The Morgan fingerprint density at radius 2 is 1.74 bits per heavy atom. The summed E-state index contributed by atoms with van der Waals surface area (Å²) in [5.74, 6) is 0.0747. The molecule has 1 heterocycles. The van der Waals surface area contributed by atoms with Crippen molar-refractivity contribution < 1.29 is 23.8 Å². The van der Waals surface area contributed by atoms with E-state index in [0.717, 1.165) is 22.0 Å². The SMILES string of the molecule is COc1ccccc1COC(=O)[C@H](Cc1c[nH]c2ccccc12)NC(=O)OC(C)(C)C. The summed E-state index contributed by atoms with van der Waals surface area (Å²) in [4.78, 5) is 28.5. The van der Waals surface area contributed by atoms with Gasteiger partial charge in [0.2, 0.25) is 0 Å². The van der Waals surface area contributed by atoms with Gasteiger partial charge in [-0.2, -0.15) is 0 Å². The number of amides is 1. The van der Waals surface area contributed by atoms with Crippen molar-refractivity contribution in [3.8, 4) is 5.75 Å². The van der Waals surface area contributed by atoms with Gasteiger partial charge in [0.25, 0.3) is 0 Å². The minimum atomic E-state index is -0.913. The average molecular weight is 424 g/mol. The predicted molar refractivity (Wildman–Crippen MR) is 118 cm³/mol. The van der Waals surface area contributed by atoms with Crippen molar-refractivity contribution in [2.45, 2.75) is 45.4 Å².